The molecule has 1 fully saturated rings. The van der Waals surface area contributed by atoms with Gasteiger partial charge in [-0.15, -0.1) is 0 Å². The van der Waals surface area contributed by atoms with E-state index >= 15 is 0 Å². The highest BCUT2D eigenvalue weighted by Crippen LogP contribution is 2.24. The van der Waals surface area contributed by atoms with Crippen molar-refractivity contribution < 1.29 is 4.79 Å². The number of nitrogens with two attached hydrogens (primary N) is 1. The van der Waals surface area contributed by atoms with Crippen LogP contribution in [0.2, 0.25) is 10.0 Å². The van der Waals surface area contributed by atoms with Crippen molar-refractivity contribution in [1.82, 2.24) is 4.90 Å². The van der Waals surface area contributed by atoms with Crippen LogP contribution in [-0.4, -0.2) is 30.4 Å². The molecule has 0 bridgehead atoms. The second-order valence-corrected chi connectivity index (χ2v) is 5.41. The van der Waals surface area contributed by atoms with Gasteiger partial charge in [0.05, 0.1) is 10.0 Å². The number of halogens is 2. The molecule has 5 heteroatoms. The first-order valence-electron chi connectivity index (χ1n) is 6.06. The van der Waals surface area contributed by atoms with E-state index in [-0.39, 0.29) is 5.91 Å². The van der Waals surface area contributed by atoms with E-state index in [4.69, 9.17) is 28.9 Å². The Morgan fingerprint density at radius 3 is 2.50 bits per heavy atom. The zero-order chi connectivity index (χ0) is 13.1. The summed E-state index contributed by atoms with van der Waals surface area (Å²) in [6.45, 7) is 2.23. The fraction of sp³-hybridized carbons (Fsp3) is 0.462. The molecule has 1 aromatic carbocycles. The fourth-order valence-electron chi connectivity index (χ4n) is 2.18. The van der Waals surface area contributed by atoms with Gasteiger partial charge in [0.1, 0.15) is 0 Å². The number of carbonyl (C=O) groups excluding carboxylic acids is 1. The number of rotatable bonds is 2. The van der Waals surface area contributed by atoms with E-state index in [0.29, 0.717) is 28.1 Å². The molecule has 1 aliphatic heterocycles. The Hall–Kier alpha value is -0.770. The van der Waals surface area contributed by atoms with E-state index in [9.17, 15) is 4.79 Å². The number of carbonyl (C=O) groups is 1. The first-order chi connectivity index (χ1) is 8.61. The fourth-order valence-corrected chi connectivity index (χ4v) is 2.48. The number of likely N-dealkylation sites (tertiary alicyclic amines) is 1. The summed E-state index contributed by atoms with van der Waals surface area (Å²) < 4.78 is 0. The molecular formula is C13H16Cl2N2O. The Bertz CT molecular complexity index is 443. The zero-order valence-corrected chi connectivity index (χ0v) is 11.5. The van der Waals surface area contributed by atoms with E-state index in [2.05, 4.69) is 0 Å². The number of benzene rings is 1. The van der Waals surface area contributed by atoms with Crippen molar-refractivity contribution in [2.75, 3.05) is 19.6 Å². The summed E-state index contributed by atoms with van der Waals surface area (Å²) in [5.74, 6) is 0.562. The molecule has 1 aromatic rings. The van der Waals surface area contributed by atoms with Crippen molar-refractivity contribution in [2.45, 2.75) is 12.8 Å². The van der Waals surface area contributed by atoms with E-state index in [1.165, 1.54) is 0 Å². The van der Waals surface area contributed by atoms with E-state index in [1.807, 2.05) is 4.90 Å². The first-order valence-corrected chi connectivity index (χ1v) is 6.82. The Morgan fingerprint density at radius 1 is 1.28 bits per heavy atom. The number of hydrogen-bond acceptors (Lipinski definition) is 2. The molecule has 0 aliphatic carbocycles. The largest absolute Gasteiger partial charge is 0.339 e. The summed E-state index contributed by atoms with van der Waals surface area (Å²) in [4.78, 5) is 14.1. The predicted molar refractivity (Wildman–Crippen MR) is 74.1 cm³/mol. The van der Waals surface area contributed by atoms with Gasteiger partial charge in [0.15, 0.2) is 0 Å². The molecular weight excluding hydrogens is 271 g/mol. The molecule has 1 aliphatic rings. The molecule has 1 heterocycles. The van der Waals surface area contributed by atoms with Crippen LogP contribution in [0, 0.1) is 5.92 Å². The number of amides is 1. The Labute approximate surface area is 117 Å². The van der Waals surface area contributed by atoms with Crippen LogP contribution in [0.3, 0.4) is 0 Å². The van der Waals surface area contributed by atoms with Crippen LogP contribution in [0.5, 0.6) is 0 Å². The average molecular weight is 287 g/mol. The highest BCUT2D eigenvalue weighted by Gasteiger charge is 2.23. The molecule has 1 amide bonds. The van der Waals surface area contributed by atoms with Crippen LogP contribution < -0.4 is 5.73 Å². The summed E-state index contributed by atoms with van der Waals surface area (Å²) in [6.07, 6.45) is 1.95. The third kappa shape index (κ3) is 2.97. The lowest BCUT2D eigenvalue weighted by Crippen LogP contribution is -2.40. The molecule has 98 valence electrons. The minimum atomic E-state index is 0.0176. The summed E-state index contributed by atoms with van der Waals surface area (Å²) >= 11 is 11.8. The number of nitrogens with zero attached hydrogens (tertiary/aromatic N) is 1. The van der Waals surface area contributed by atoms with Crippen molar-refractivity contribution >= 4 is 29.1 Å². The van der Waals surface area contributed by atoms with E-state index in [0.717, 1.165) is 25.9 Å². The molecule has 18 heavy (non-hydrogen) atoms. The van der Waals surface area contributed by atoms with Gasteiger partial charge in [-0.25, -0.2) is 0 Å². The maximum absolute atomic E-state index is 12.3. The quantitative estimate of drug-likeness (QED) is 0.909. The average Bonchev–Trinajstić information content (AvgIpc) is 2.41. The van der Waals surface area contributed by atoms with Crippen molar-refractivity contribution in [2.24, 2.45) is 11.7 Å². The van der Waals surface area contributed by atoms with Crippen molar-refractivity contribution in [3.8, 4) is 0 Å². The Kier molecular flexibility index (Phi) is 4.49. The van der Waals surface area contributed by atoms with Gasteiger partial charge in [-0.3, -0.25) is 4.79 Å². The second kappa shape index (κ2) is 5.91. The van der Waals surface area contributed by atoms with Gasteiger partial charge < -0.3 is 10.6 Å². The lowest BCUT2D eigenvalue weighted by molar-refractivity contribution is 0.0693. The van der Waals surface area contributed by atoms with Crippen LogP contribution in [0.15, 0.2) is 18.2 Å². The first kappa shape index (κ1) is 13.7. The molecule has 3 nitrogen and oxygen atoms in total. The monoisotopic (exact) mass is 286 g/mol. The van der Waals surface area contributed by atoms with Gasteiger partial charge in [-0.05, 0) is 43.5 Å². The van der Waals surface area contributed by atoms with Gasteiger partial charge >= 0.3 is 0 Å². The van der Waals surface area contributed by atoms with Crippen LogP contribution in [0.4, 0.5) is 0 Å². The molecule has 1 saturated heterocycles. The van der Waals surface area contributed by atoms with Crippen molar-refractivity contribution in [3.63, 3.8) is 0 Å². The van der Waals surface area contributed by atoms with Gasteiger partial charge in [0, 0.05) is 18.7 Å². The molecule has 0 atom stereocenters. The van der Waals surface area contributed by atoms with Crippen molar-refractivity contribution in [3.05, 3.63) is 33.8 Å². The third-order valence-electron chi connectivity index (χ3n) is 3.40. The lowest BCUT2D eigenvalue weighted by Gasteiger charge is -2.31. The van der Waals surface area contributed by atoms with Crippen LogP contribution >= 0.6 is 23.2 Å². The second-order valence-electron chi connectivity index (χ2n) is 4.60. The zero-order valence-electron chi connectivity index (χ0n) is 10.0. The van der Waals surface area contributed by atoms with Gasteiger partial charge in [0.25, 0.3) is 5.91 Å². The number of piperidine rings is 1. The molecule has 2 rings (SSSR count). The molecule has 0 unspecified atom stereocenters. The molecule has 0 radical (unpaired) electrons. The molecule has 0 saturated carbocycles. The van der Waals surface area contributed by atoms with Crippen LogP contribution in [-0.2, 0) is 0 Å². The minimum Gasteiger partial charge on any atom is -0.339 e. The summed E-state index contributed by atoms with van der Waals surface area (Å²) in [5, 5.41) is 0.884. The smallest absolute Gasteiger partial charge is 0.253 e. The standard InChI is InChI=1S/C13H16Cl2N2O/c14-11-2-1-10(7-12(11)15)13(18)17-5-3-9(8-16)4-6-17/h1-2,7,9H,3-6,8,16H2. The molecule has 0 spiro atoms. The maximum Gasteiger partial charge on any atom is 0.253 e. The molecule has 2 N–H and O–H groups in total. The van der Waals surface area contributed by atoms with E-state index < -0.39 is 0 Å². The van der Waals surface area contributed by atoms with Gasteiger partial charge in [0.2, 0.25) is 0 Å². The minimum absolute atomic E-state index is 0.0176. The van der Waals surface area contributed by atoms with Gasteiger partial charge in [-0.2, -0.15) is 0 Å². The van der Waals surface area contributed by atoms with Crippen LogP contribution in [0.25, 0.3) is 0 Å². The third-order valence-corrected chi connectivity index (χ3v) is 4.14. The Balaban J connectivity index is 2.05. The summed E-state index contributed by atoms with van der Waals surface area (Å²) in [7, 11) is 0. The highest BCUT2D eigenvalue weighted by atomic mass is 35.5. The normalized spacial score (nSPS) is 16.9. The summed E-state index contributed by atoms with van der Waals surface area (Å²) in [6, 6.07) is 5.00. The maximum atomic E-state index is 12.3. The Morgan fingerprint density at radius 2 is 1.94 bits per heavy atom. The molecule has 0 aromatic heterocycles. The predicted octanol–water partition coefficient (Wildman–Crippen LogP) is 2.80. The SMILES string of the molecule is NCC1CCN(C(=O)c2ccc(Cl)c(Cl)c2)CC1. The van der Waals surface area contributed by atoms with Gasteiger partial charge in [-0.1, -0.05) is 23.2 Å². The number of hydrogen-bond donors (Lipinski definition) is 1. The summed E-state index contributed by atoms with van der Waals surface area (Å²) in [5.41, 5.74) is 6.23. The highest BCUT2D eigenvalue weighted by molar-refractivity contribution is 6.42. The van der Waals surface area contributed by atoms with E-state index in [1.54, 1.807) is 18.2 Å². The lowest BCUT2D eigenvalue weighted by atomic mass is 9.96. The van der Waals surface area contributed by atoms with Crippen LogP contribution in [0.1, 0.15) is 23.2 Å². The topological polar surface area (TPSA) is 46.3 Å². The van der Waals surface area contributed by atoms with Crippen molar-refractivity contribution in [1.29, 1.82) is 0 Å².